The molecule has 3 rings (SSSR count). The molecule has 0 unspecified atom stereocenters. The minimum absolute atomic E-state index is 0.224. The Balaban J connectivity index is 1.80. The van der Waals surface area contributed by atoms with E-state index in [2.05, 4.69) is 25.7 Å². The SMILES string of the molecule is CCOc1ccccc1N1CCN(S(=O)(=O)c2ccc(OCC)c(C(C)(C)C)c2)CC1. The first-order chi connectivity index (χ1) is 14.7. The van der Waals surface area contributed by atoms with E-state index < -0.39 is 10.0 Å². The maximum atomic E-state index is 13.4. The number of sulfonamides is 1. The molecule has 1 saturated heterocycles. The molecule has 0 spiro atoms. The first-order valence-electron chi connectivity index (χ1n) is 10.9. The fraction of sp³-hybridized carbons (Fsp3) is 0.500. The molecule has 0 aromatic heterocycles. The van der Waals surface area contributed by atoms with Gasteiger partial charge in [-0.1, -0.05) is 32.9 Å². The van der Waals surface area contributed by atoms with Crippen LogP contribution in [0.15, 0.2) is 47.4 Å². The normalized spacial score (nSPS) is 15.7. The van der Waals surface area contributed by atoms with Gasteiger partial charge >= 0.3 is 0 Å². The van der Waals surface area contributed by atoms with Gasteiger partial charge in [0.15, 0.2) is 0 Å². The van der Waals surface area contributed by atoms with Crippen LogP contribution in [0.2, 0.25) is 0 Å². The van der Waals surface area contributed by atoms with Gasteiger partial charge in [-0.3, -0.25) is 0 Å². The molecule has 31 heavy (non-hydrogen) atoms. The summed E-state index contributed by atoms with van der Waals surface area (Å²) in [6, 6.07) is 13.1. The number of rotatable bonds is 7. The Morgan fingerprint density at radius 3 is 2.10 bits per heavy atom. The molecule has 0 N–H and O–H groups in total. The molecule has 0 amide bonds. The molecule has 6 nitrogen and oxygen atoms in total. The second kappa shape index (κ2) is 9.49. The summed E-state index contributed by atoms with van der Waals surface area (Å²) in [4.78, 5) is 2.51. The summed E-state index contributed by atoms with van der Waals surface area (Å²) >= 11 is 0. The molecule has 0 bridgehead atoms. The summed E-state index contributed by atoms with van der Waals surface area (Å²) in [6.45, 7) is 13.3. The van der Waals surface area contributed by atoms with Gasteiger partial charge in [0.1, 0.15) is 11.5 Å². The average molecular weight is 447 g/mol. The number of piperazine rings is 1. The molecule has 0 atom stereocenters. The quantitative estimate of drug-likeness (QED) is 0.635. The summed E-state index contributed by atoms with van der Waals surface area (Å²) in [6.07, 6.45) is 0. The van der Waals surface area contributed by atoms with Crippen LogP contribution < -0.4 is 14.4 Å². The van der Waals surface area contributed by atoms with Gasteiger partial charge in [-0.05, 0) is 49.6 Å². The number of anilines is 1. The first kappa shape index (κ1) is 23.4. The Morgan fingerprint density at radius 2 is 1.48 bits per heavy atom. The zero-order valence-electron chi connectivity index (χ0n) is 19.2. The molecular formula is C24H34N2O4S. The summed E-state index contributed by atoms with van der Waals surface area (Å²) in [5.74, 6) is 1.58. The van der Waals surface area contributed by atoms with Crippen LogP contribution in [0, 0.1) is 0 Å². The summed E-state index contributed by atoms with van der Waals surface area (Å²) in [5.41, 5.74) is 1.69. The molecule has 2 aromatic rings. The Kier molecular flexibility index (Phi) is 7.17. The smallest absolute Gasteiger partial charge is 0.243 e. The van der Waals surface area contributed by atoms with Crippen molar-refractivity contribution in [2.75, 3.05) is 44.3 Å². The van der Waals surface area contributed by atoms with E-state index in [9.17, 15) is 8.42 Å². The molecule has 1 heterocycles. The van der Waals surface area contributed by atoms with Gasteiger partial charge in [0.2, 0.25) is 10.0 Å². The van der Waals surface area contributed by atoms with Crippen molar-refractivity contribution >= 4 is 15.7 Å². The predicted octanol–water partition coefficient (Wildman–Crippen LogP) is 4.29. The van der Waals surface area contributed by atoms with E-state index in [-0.39, 0.29) is 5.41 Å². The summed E-state index contributed by atoms with van der Waals surface area (Å²) in [7, 11) is -3.58. The van der Waals surface area contributed by atoms with Gasteiger partial charge in [0.25, 0.3) is 0 Å². The molecule has 0 saturated carbocycles. The topological polar surface area (TPSA) is 59.1 Å². The number of ether oxygens (including phenoxy) is 2. The van der Waals surface area contributed by atoms with Gasteiger partial charge in [-0.25, -0.2) is 8.42 Å². The molecule has 1 aliphatic heterocycles. The van der Waals surface area contributed by atoms with Crippen molar-refractivity contribution in [3.8, 4) is 11.5 Å². The monoisotopic (exact) mass is 446 g/mol. The second-order valence-electron chi connectivity index (χ2n) is 8.63. The third-order valence-electron chi connectivity index (χ3n) is 5.44. The van der Waals surface area contributed by atoms with Crippen molar-refractivity contribution in [3.05, 3.63) is 48.0 Å². The van der Waals surface area contributed by atoms with Crippen LogP contribution in [0.4, 0.5) is 5.69 Å². The number of para-hydroxylation sites is 2. The lowest BCUT2D eigenvalue weighted by atomic mass is 9.86. The molecule has 1 aliphatic rings. The highest BCUT2D eigenvalue weighted by molar-refractivity contribution is 7.89. The highest BCUT2D eigenvalue weighted by atomic mass is 32.2. The lowest BCUT2D eigenvalue weighted by Crippen LogP contribution is -2.48. The molecule has 7 heteroatoms. The van der Waals surface area contributed by atoms with E-state index in [0.717, 1.165) is 22.7 Å². The third kappa shape index (κ3) is 5.15. The standard InChI is InChI=1S/C24H34N2O4S/c1-6-29-22-13-12-19(18-20(22)24(3,4)5)31(27,28)26-16-14-25(15-17-26)21-10-8-9-11-23(21)30-7-2/h8-13,18H,6-7,14-17H2,1-5H3. The highest BCUT2D eigenvalue weighted by Crippen LogP contribution is 2.35. The van der Waals surface area contributed by atoms with Crippen molar-refractivity contribution in [2.45, 2.75) is 44.9 Å². The zero-order chi connectivity index (χ0) is 22.6. The molecule has 0 aliphatic carbocycles. The van der Waals surface area contributed by atoms with Gasteiger partial charge in [-0.15, -0.1) is 0 Å². The maximum Gasteiger partial charge on any atom is 0.243 e. The van der Waals surface area contributed by atoms with E-state index in [0.29, 0.717) is 44.3 Å². The lowest BCUT2D eigenvalue weighted by Gasteiger charge is -2.36. The Labute approximate surface area is 186 Å². The van der Waals surface area contributed by atoms with E-state index in [1.807, 2.05) is 38.1 Å². The molecule has 1 fully saturated rings. The van der Waals surface area contributed by atoms with Crippen LogP contribution in [-0.2, 0) is 15.4 Å². The van der Waals surface area contributed by atoms with Crippen LogP contribution >= 0.6 is 0 Å². The summed E-state index contributed by atoms with van der Waals surface area (Å²) < 4.78 is 39.8. The van der Waals surface area contributed by atoms with E-state index in [1.165, 1.54) is 0 Å². The second-order valence-corrected chi connectivity index (χ2v) is 10.6. The van der Waals surface area contributed by atoms with Gasteiger partial charge in [0, 0.05) is 31.7 Å². The Bertz CT molecular complexity index is 991. The van der Waals surface area contributed by atoms with Crippen molar-refractivity contribution in [2.24, 2.45) is 0 Å². The van der Waals surface area contributed by atoms with E-state index in [1.54, 1.807) is 22.5 Å². The fourth-order valence-corrected chi connectivity index (χ4v) is 5.30. The molecular weight excluding hydrogens is 412 g/mol. The fourth-order valence-electron chi connectivity index (χ4n) is 3.85. The number of benzene rings is 2. The van der Waals surface area contributed by atoms with E-state index in [4.69, 9.17) is 9.47 Å². The van der Waals surface area contributed by atoms with Crippen molar-refractivity contribution < 1.29 is 17.9 Å². The molecule has 0 radical (unpaired) electrons. The minimum atomic E-state index is -3.58. The predicted molar refractivity (Wildman–Crippen MR) is 125 cm³/mol. The van der Waals surface area contributed by atoms with E-state index >= 15 is 0 Å². The highest BCUT2D eigenvalue weighted by Gasteiger charge is 2.31. The van der Waals surface area contributed by atoms with Gasteiger partial charge in [0.05, 0.1) is 23.8 Å². The van der Waals surface area contributed by atoms with Crippen molar-refractivity contribution in [1.82, 2.24) is 4.31 Å². The van der Waals surface area contributed by atoms with Crippen LogP contribution in [0.1, 0.15) is 40.2 Å². The van der Waals surface area contributed by atoms with Crippen molar-refractivity contribution in [1.29, 1.82) is 0 Å². The van der Waals surface area contributed by atoms with Crippen LogP contribution in [-0.4, -0.2) is 52.1 Å². The molecule has 170 valence electrons. The number of hydrogen-bond acceptors (Lipinski definition) is 5. The zero-order valence-corrected chi connectivity index (χ0v) is 20.0. The maximum absolute atomic E-state index is 13.4. The van der Waals surface area contributed by atoms with Gasteiger partial charge < -0.3 is 14.4 Å². The van der Waals surface area contributed by atoms with Gasteiger partial charge in [-0.2, -0.15) is 4.31 Å². The van der Waals surface area contributed by atoms with Crippen LogP contribution in [0.25, 0.3) is 0 Å². The Hall–Kier alpha value is -2.25. The van der Waals surface area contributed by atoms with Crippen molar-refractivity contribution in [3.63, 3.8) is 0 Å². The van der Waals surface area contributed by atoms with Crippen LogP contribution in [0.3, 0.4) is 0 Å². The molecule has 2 aromatic carbocycles. The number of hydrogen-bond donors (Lipinski definition) is 0. The minimum Gasteiger partial charge on any atom is -0.494 e. The number of nitrogens with zero attached hydrogens (tertiary/aromatic N) is 2. The lowest BCUT2D eigenvalue weighted by molar-refractivity contribution is 0.329. The summed E-state index contributed by atoms with van der Waals surface area (Å²) in [5, 5.41) is 0. The van der Waals surface area contributed by atoms with Crippen LogP contribution in [0.5, 0.6) is 11.5 Å². The average Bonchev–Trinajstić information content (AvgIpc) is 2.74. The largest absolute Gasteiger partial charge is 0.494 e. The first-order valence-corrected chi connectivity index (χ1v) is 12.4. The third-order valence-corrected chi connectivity index (χ3v) is 7.34. The Morgan fingerprint density at radius 1 is 0.871 bits per heavy atom.